The number of hydroxylamine groups is 1. The van der Waals surface area contributed by atoms with E-state index in [9.17, 15) is 24.4 Å². The Bertz CT molecular complexity index is 1070. The number of carbonyl (C=O) groups excluding carboxylic acids is 4. The number of hydrogen-bond acceptors (Lipinski definition) is 6. The van der Waals surface area contributed by atoms with E-state index in [-0.39, 0.29) is 23.8 Å². The van der Waals surface area contributed by atoms with E-state index in [0.29, 0.717) is 10.9 Å². The van der Waals surface area contributed by atoms with Gasteiger partial charge in [0.1, 0.15) is 12.1 Å². The van der Waals surface area contributed by atoms with Gasteiger partial charge in [-0.15, -0.1) is 0 Å². The zero-order valence-electron chi connectivity index (χ0n) is 21.0. The second-order valence-electron chi connectivity index (χ2n) is 9.96. The third kappa shape index (κ3) is 6.98. The van der Waals surface area contributed by atoms with E-state index in [4.69, 9.17) is 0 Å². The van der Waals surface area contributed by atoms with Crippen molar-refractivity contribution >= 4 is 34.5 Å². The molecule has 4 amide bonds. The fourth-order valence-corrected chi connectivity index (χ4v) is 3.91. The van der Waals surface area contributed by atoms with E-state index in [1.165, 1.54) is 7.05 Å². The number of nitrogens with zero attached hydrogens (tertiary/aromatic N) is 1. The zero-order valence-corrected chi connectivity index (χ0v) is 21.0. The number of benzene rings is 1. The number of pyridine rings is 1. The predicted molar refractivity (Wildman–Crippen MR) is 131 cm³/mol. The number of aromatic nitrogens is 1. The predicted octanol–water partition coefficient (Wildman–Crippen LogP) is 1.78. The Morgan fingerprint density at radius 3 is 2.23 bits per heavy atom. The Morgan fingerprint density at radius 1 is 0.971 bits per heavy atom. The lowest BCUT2D eigenvalue weighted by Crippen LogP contribution is -2.59. The molecule has 3 atom stereocenters. The van der Waals surface area contributed by atoms with Gasteiger partial charge in [-0.2, -0.15) is 0 Å². The average Bonchev–Trinajstić information content (AvgIpc) is 2.82. The fraction of sp³-hybridized carbons (Fsp3) is 0.480. The van der Waals surface area contributed by atoms with E-state index in [1.54, 1.807) is 62.8 Å². The van der Waals surface area contributed by atoms with Crippen LogP contribution in [-0.2, 0) is 14.4 Å². The molecule has 0 aliphatic heterocycles. The van der Waals surface area contributed by atoms with Crippen molar-refractivity contribution < 1.29 is 24.4 Å². The van der Waals surface area contributed by atoms with Crippen LogP contribution in [0, 0.1) is 17.3 Å². The molecule has 2 rings (SSSR count). The van der Waals surface area contributed by atoms with Crippen molar-refractivity contribution in [2.75, 3.05) is 7.05 Å². The molecule has 10 heteroatoms. The van der Waals surface area contributed by atoms with Gasteiger partial charge in [0.25, 0.3) is 11.8 Å². The summed E-state index contributed by atoms with van der Waals surface area (Å²) in [5.74, 6) is -3.61. The monoisotopic (exact) mass is 485 g/mol. The maximum atomic E-state index is 13.4. The molecule has 0 spiro atoms. The highest BCUT2D eigenvalue weighted by molar-refractivity contribution is 6.08. The zero-order chi connectivity index (χ0) is 26.3. The summed E-state index contributed by atoms with van der Waals surface area (Å²) in [6, 6.07) is 6.16. The first-order chi connectivity index (χ1) is 16.4. The van der Waals surface area contributed by atoms with E-state index in [0.717, 1.165) is 0 Å². The first-order valence-electron chi connectivity index (χ1n) is 11.5. The summed E-state index contributed by atoms with van der Waals surface area (Å²) in [6.45, 7) is 9.15. The fourth-order valence-electron chi connectivity index (χ4n) is 3.91. The molecular weight excluding hydrogens is 450 g/mol. The smallest absolute Gasteiger partial charge is 0.266 e. The normalized spacial score (nSPS) is 14.1. The first kappa shape index (κ1) is 27.7. The molecule has 190 valence electrons. The van der Waals surface area contributed by atoms with E-state index >= 15 is 0 Å². The highest BCUT2D eigenvalue weighted by Crippen LogP contribution is 2.23. The third-order valence-corrected chi connectivity index (χ3v) is 5.70. The average molecular weight is 486 g/mol. The quantitative estimate of drug-likeness (QED) is 0.270. The Hall–Kier alpha value is -3.53. The molecule has 2 aromatic rings. The van der Waals surface area contributed by atoms with Crippen molar-refractivity contribution in [3.63, 3.8) is 0 Å². The Labute approximate surface area is 205 Å². The Kier molecular flexibility index (Phi) is 9.30. The summed E-state index contributed by atoms with van der Waals surface area (Å²) < 4.78 is 0. The van der Waals surface area contributed by atoms with Crippen molar-refractivity contribution in [2.45, 2.75) is 53.1 Å². The van der Waals surface area contributed by atoms with Crippen LogP contribution in [0.1, 0.15) is 51.4 Å². The SMILES string of the molecule is CNC(=O)[C@@H](NC(=O)[C@H](CC(C)C)[C@H](NC(=O)c1cccc2ncccc12)C(=O)NO)C(C)(C)C. The number of amides is 4. The number of fused-ring (bicyclic) bond motifs is 1. The molecule has 0 fully saturated rings. The minimum atomic E-state index is -1.40. The van der Waals surface area contributed by atoms with Crippen LogP contribution >= 0.6 is 0 Å². The molecule has 1 aromatic heterocycles. The summed E-state index contributed by atoms with van der Waals surface area (Å²) in [5, 5.41) is 17.9. The van der Waals surface area contributed by atoms with Crippen molar-refractivity contribution in [1.29, 1.82) is 0 Å². The summed E-state index contributed by atoms with van der Waals surface area (Å²) >= 11 is 0. The molecule has 35 heavy (non-hydrogen) atoms. The molecule has 0 saturated heterocycles. The summed E-state index contributed by atoms with van der Waals surface area (Å²) in [7, 11) is 1.47. The minimum Gasteiger partial charge on any atom is -0.357 e. The second kappa shape index (κ2) is 11.7. The molecule has 0 saturated carbocycles. The Morgan fingerprint density at radius 2 is 1.66 bits per heavy atom. The van der Waals surface area contributed by atoms with Gasteiger partial charge in [0, 0.05) is 24.2 Å². The molecule has 0 radical (unpaired) electrons. The van der Waals surface area contributed by atoms with Crippen LogP contribution < -0.4 is 21.4 Å². The largest absolute Gasteiger partial charge is 0.357 e. The molecule has 0 unspecified atom stereocenters. The van der Waals surface area contributed by atoms with Gasteiger partial charge in [-0.1, -0.05) is 46.8 Å². The molecule has 1 heterocycles. The molecule has 0 bridgehead atoms. The number of likely N-dealkylation sites (N-methyl/N-ethyl adjacent to an activating group) is 1. The van der Waals surface area contributed by atoms with Crippen LogP contribution in [0.3, 0.4) is 0 Å². The molecule has 1 aromatic carbocycles. The standard InChI is InChI=1S/C25H35N5O5/c1-14(2)13-17(22(32)29-20(24(34)26-6)25(3,4)5)19(23(33)30-35)28-21(31)16-9-7-11-18-15(16)10-8-12-27-18/h7-12,14,17,19-20,35H,13H2,1-6H3,(H,26,34)(H,28,31)(H,29,32)(H,30,33)/t17-,19+,20-/m1/s1. The van der Waals surface area contributed by atoms with Crippen LogP contribution in [-0.4, -0.2) is 53.0 Å². The first-order valence-corrected chi connectivity index (χ1v) is 11.5. The van der Waals surface area contributed by atoms with Gasteiger partial charge >= 0.3 is 0 Å². The van der Waals surface area contributed by atoms with Gasteiger partial charge < -0.3 is 16.0 Å². The van der Waals surface area contributed by atoms with Gasteiger partial charge in [0.15, 0.2) is 0 Å². The lowest BCUT2D eigenvalue weighted by Gasteiger charge is -2.33. The van der Waals surface area contributed by atoms with Crippen molar-refractivity contribution in [3.05, 3.63) is 42.1 Å². The van der Waals surface area contributed by atoms with Gasteiger partial charge in [-0.3, -0.25) is 29.4 Å². The van der Waals surface area contributed by atoms with Gasteiger partial charge in [-0.25, -0.2) is 5.48 Å². The van der Waals surface area contributed by atoms with Crippen LogP contribution in [0.15, 0.2) is 36.5 Å². The third-order valence-electron chi connectivity index (χ3n) is 5.70. The maximum Gasteiger partial charge on any atom is 0.266 e. The minimum absolute atomic E-state index is 0.0357. The summed E-state index contributed by atoms with van der Waals surface area (Å²) in [5.41, 5.74) is 1.81. The highest BCUT2D eigenvalue weighted by Gasteiger charge is 2.39. The van der Waals surface area contributed by atoms with E-state index in [2.05, 4.69) is 20.9 Å². The highest BCUT2D eigenvalue weighted by atomic mass is 16.5. The number of carbonyl (C=O) groups is 4. The van der Waals surface area contributed by atoms with Crippen molar-refractivity contribution in [1.82, 2.24) is 26.4 Å². The topological polar surface area (TPSA) is 150 Å². The number of rotatable bonds is 9. The summed E-state index contributed by atoms with van der Waals surface area (Å²) in [6.07, 6.45) is 1.82. The van der Waals surface area contributed by atoms with Gasteiger partial charge in [0.05, 0.1) is 11.4 Å². The second-order valence-corrected chi connectivity index (χ2v) is 9.96. The molecular formula is C25H35N5O5. The lowest BCUT2D eigenvalue weighted by molar-refractivity contribution is -0.139. The number of hydrogen-bond donors (Lipinski definition) is 5. The van der Waals surface area contributed by atoms with Crippen LogP contribution in [0.5, 0.6) is 0 Å². The van der Waals surface area contributed by atoms with E-state index in [1.807, 2.05) is 13.8 Å². The molecule has 0 aliphatic rings. The maximum absolute atomic E-state index is 13.4. The molecule has 10 nitrogen and oxygen atoms in total. The Balaban J connectivity index is 2.43. The van der Waals surface area contributed by atoms with Gasteiger partial charge in [-0.05, 0) is 36.0 Å². The van der Waals surface area contributed by atoms with Crippen LogP contribution in [0.25, 0.3) is 10.9 Å². The summed E-state index contributed by atoms with van der Waals surface area (Å²) in [4.78, 5) is 56.1. The molecule has 0 aliphatic carbocycles. The number of nitrogens with one attached hydrogen (secondary N) is 4. The van der Waals surface area contributed by atoms with Crippen molar-refractivity contribution in [2.24, 2.45) is 17.3 Å². The lowest BCUT2D eigenvalue weighted by atomic mass is 9.84. The van der Waals surface area contributed by atoms with Gasteiger partial charge in [0.2, 0.25) is 11.8 Å². The van der Waals surface area contributed by atoms with Crippen molar-refractivity contribution in [3.8, 4) is 0 Å². The molecule has 5 N–H and O–H groups in total. The van der Waals surface area contributed by atoms with Crippen LogP contribution in [0.4, 0.5) is 0 Å². The van der Waals surface area contributed by atoms with Crippen LogP contribution in [0.2, 0.25) is 0 Å². The van der Waals surface area contributed by atoms with E-state index < -0.39 is 41.1 Å².